The smallest absolute Gasteiger partial charge is 0.228 e. The van der Waals surface area contributed by atoms with E-state index in [1.165, 1.54) is 0 Å². The van der Waals surface area contributed by atoms with Crippen LogP contribution < -0.4 is 11.1 Å². The van der Waals surface area contributed by atoms with E-state index in [1.807, 2.05) is 0 Å². The third-order valence-electron chi connectivity index (χ3n) is 1.72. The molecular formula is C9H16ClN5O. The molecule has 0 unspecified atom stereocenters. The van der Waals surface area contributed by atoms with E-state index in [-0.39, 0.29) is 11.2 Å². The molecule has 0 amide bonds. The Bertz CT molecular complexity index is 303. The maximum absolute atomic E-state index is 5.62. The van der Waals surface area contributed by atoms with Gasteiger partial charge in [0.2, 0.25) is 17.2 Å². The SMILES string of the molecule is CCCOCCCNc1nc(N)nc(Cl)n1. The largest absolute Gasteiger partial charge is 0.381 e. The molecule has 0 atom stereocenters. The van der Waals surface area contributed by atoms with Crippen LogP contribution in [0.4, 0.5) is 11.9 Å². The maximum Gasteiger partial charge on any atom is 0.228 e. The minimum Gasteiger partial charge on any atom is -0.381 e. The summed E-state index contributed by atoms with van der Waals surface area (Å²) in [6.07, 6.45) is 1.91. The van der Waals surface area contributed by atoms with Gasteiger partial charge in [-0.2, -0.15) is 15.0 Å². The first-order chi connectivity index (χ1) is 7.72. The first kappa shape index (κ1) is 12.9. The number of nitrogens with two attached hydrogens (primary N) is 1. The molecule has 1 aromatic heterocycles. The molecule has 0 spiro atoms. The molecular weight excluding hydrogens is 230 g/mol. The molecule has 0 fully saturated rings. The fourth-order valence-electron chi connectivity index (χ4n) is 1.07. The van der Waals surface area contributed by atoms with Crippen LogP contribution in [0, 0.1) is 0 Å². The van der Waals surface area contributed by atoms with E-state index in [0.29, 0.717) is 12.5 Å². The van der Waals surface area contributed by atoms with Gasteiger partial charge >= 0.3 is 0 Å². The summed E-state index contributed by atoms with van der Waals surface area (Å²) in [5.74, 6) is 0.512. The second kappa shape index (κ2) is 7.19. The van der Waals surface area contributed by atoms with E-state index in [0.717, 1.165) is 26.1 Å². The Kier molecular flexibility index (Phi) is 5.81. The van der Waals surface area contributed by atoms with Crippen molar-refractivity contribution in [1.82, 2.24) is 15.0 Å². The summed E-state index contributed by atoms with van der Waals surface area (Å²) in [4.78, 5) is 11.4. The number of hydrogen-bond acceptors (Lipinski definition) is 6. The van der Waals surface area contributed by atoms with Crippen molar-refractivity contribution in [3.63, 3.8) is 0 Å². The third kappa shape index (κ3) is 5.09. The zero-order valence-electron chi connectivity index (χ0n) is 9.24. The van der Waals surface area contributed by atoms with E-state index >= 15 is 0 Å². The first-order valence-electron chi connectivity index (χ1n) is 5.21. The van der Waals surface area contributed by atoms with Gasteiger partial charge in [0.1, 0.15) is 0 Å². The van der Waals surface area contributed by atoms with Crippen molar-refractivity contribution in [3.8, 4) is 0 Å². The van der Waals surface area contributed by atoms with Gasteiger partial charge in [-0.25, -0.2) is 0 Å². The highest BCUT2D eigenvalue weighted by Gasteiger charge is 2.00. The van der Waals surface area contributed by atoms with Gasteiger partial charge in [-0.15, -0.1) is 0 Å². The molecule has 0 aromatic carbocycles. The molecule has 1 rings (SSSR count). The van der Waals surface area contributed by atoms with E-state index in [1.54, 1.807) is 0 Å². The molecule has 0 aliphatic heterocycles. The standard InChI is InChI=1S/C9H16ClN5O/c1-2-5-16-6-3-4-12-9-14-7(10)13-8(11)15-9/h2-6H2,1H3,(H3,11,12,13,14,15). The average molecular weight is 246 g/mol. The van der Waals surface area contributed by atoms with Crippen molar-refractivity contribution in [2.75, 3.05) is 30.8 Å². The molecule has 6 nitrogen and oxygen atoms in total. The van der Waals surface area contributed by atoms with Gasteiger partial charge in [0.25, 0.3) is 0 Å². The number of rotatable bonds is 7. The summed E-state index contributed by atoms with van der Waals surface area (Å²) < 4.78 is 5.32. The number of anilines is 2. The highest BCUT2D eigenvalue weighted by molar-refractivity contribution is 6.28. The Morgan fingerprint density at radius 3 is 2.81 bits per heavy atom. The van der Waals surface area contributed by atoms with E-state index in [4.69, 9.17) is 22.1 Å². The Balaban J connectivity index is 2.21. The van der Waals surface area contributed by atoms with Crippen molar-refractivity contribution in [1.29, 1.82) is 0 Å². The van der Waals surface area contributed by atoms with E-state index in [9.17, 15) is 0 Å². The van der Waals surface area contributed by atoms with Crippen LogP contribution in [0.5, 0.6) is 0 Å². The second-order valence-electron chi connectivity index (χ2n) is 3.18. The van der Waals surface area contributed by atoms with Crippen LogP contribution in [0.25, 0.3) is 0 Å². The highest BCUT2D eigenvalue weighted by atomic mass is 35.5. The number of hydrogen-bond donors (Lipinski definition) is 2. The lowest BCUT2D eigenvalue weighted by Crippen LogP contribution is -2.10. The molecule has 0 bridgehead atoms. The molecule has 7 heteroatoms. The summed E-state index contributed by atoms with van der Waals surface area (Å²) in [6.45, 7) is 4.30. The molecule has 0 aliphatic carbocycles. The highest BCUT2D eigenvalue weighted by Crippen LogP contribution is 2.06. The van der Waals surface area contributed by atoms with Crippen LogP contribution >= 0.6 is 11.6 Å². The fraction of sp³-hybridized carbons (Fsp3) is 0.667. The Labute approximate surface area is 99.6 Å². The number of nitrogens with one attached hydrogen (secondary N) is 1. The molecule has 90 valence electrons. The number of aromatic nitrogens is 3. The molecule has 0 aliphatic rings. The molecule has 1 heterocycles. The second-order valence-corrected chi connectivity index (χ2v) is 3.52. The van der Waals surface area contributed by atoms with Crippen molar-refractivity contribution in [2.24, 2.45) is 0 Å². The summed E-state index contributed by atoms with van der Waals surface area (Å²) in [5, 5.41) is 3.09. The summed E-state index contributed by atoms with van der Waals surface area (Å²) >= 11 is 5.62. The van der Waals surface area contributed by atoms with Crippen molar-refractivity contribution < 1.29 is 4.74 Å². The molecule has 0 saturated carbocycles. The normalized spacial score (nSPS) is 10.4. The van der Waals surface area contributed by atoms with Crippen LogP contribution in [0.2, 0.25) is 5.28 Å². The van der Waals surface area contributed by atoms with Gasteiger partial charge < -0.3 is 15.8 Å². The van der Waals surface area contributed by atoms with Crippen LogP contribution in [-0.2, 0) is 4.74 Å². The van der Waals surface area contributed by atoms with Gasteiger partial charge in [-0.05, 0) is 24.4 Å². The van der Waals surface area contributed by atoms with Gasteiger partial charge in [-0.1, -0.05) is 6.92 Å². The van der Waals surface area contributed by atoms with Crippen molar-refractivity contribution >= 4 is 23.5 Å². The maximum atomic E-state index is 5.62. The summed E-state index contributed by atoms with van der Waals surface area (Å²) in [6, 6.07) is 0. The van der Waals surface area contributed by atoms with Crippen LogP contribution in [0.1, 0.15) is 19.8 Å². The molecule has 0 saturated heterocycles. The lowest BCUT2D eigenvalue weighted by molar-refractivity contribution is 0.134. The lowest BCUT2D eigenvalue weighted by atomic mass is 10.4. The Morgan fingerprint density at radius 1 is 1.31 bits per heavy atom. The van der Waals surface area contributed by atoms with Crippen LogP contribution in [0.3, 0.4) is 0 Å². The topological polar surface area (TPSA) is 86.0 Å². The van der Waals surface area contributed by atoms with Crippen LogP contribution in [0.15, 0.2) is 0 Å². The minimum absolute atomic E-state index is 0.0947. The molecule has 1 aromatic rings. The van der Waals surface area contributed by atoms with Gasteiger partial charge in [0.05, 0.1) is 0 Å². The van der Waals surface area contributed by atoms with Crippen LogP contribution in [-0.4, -0.2) is 34.7 Å². The lowest BCUT2D eigenvalue weighted by Gasteiger charge is -2.05. The van der Waals surface area contributed by atoms with E-state index in [2.05, 4.69) is 27.2 Å². The fourth-order valence-corrected chi connectivity index (χ4v) is 1.23. The average Bonchev–Trinajstić information content (AvgIpc) is 2.22. The minimum atomic E-state index is 0.0947. The Morgan fingerprint density at radius 2 is 2.12 bits per heavy atom. The predicted molar refractivity (Wildman–Crippen MR) is 63.5 cm³/mol. The number of halogens is 1. The summed E-state index contributed by atoms with van der Waals surface area (Å²) in [7, 11) is 0. The molecule has 3 N–H and O–H groups in total. The third-order valence-corrected chi connectivity index (χ3v) is 1.89. The zero-order valence-corrected chi connectivity index (χ0v) is 10.00. The molecule has 0 radical (unpaired) electrons. The van der Waals surface area contributed by atoms with Crippen molar-refractivity contribution in [3.05, 3.63) is 5.28 Å². The predicted octanol–water partition coefficient (Wildman–Crippen LogP) is 1.34. The van der Waals surface area contributed by atoms with E-state index < -0.39 is 0 Å². The van der Waals surface area contributed by atoms with Gasteiger partial charge in [0.15, 0.2) is 0 Å². The number of nitrogens with zero attached hydrogens (tertiary/aromatic N) is 3. The zero-order chi connectivity index (χ0) is 11.8. The molecule has 16 heavy (non-hydrogen) atoms. The quantitative estimate of drug-likeness (QED) is 0.705. The number of nitrogen functional groups attached to an aromatic ring is 1. The van der Waals surface area contributed by atoms with Gasteiger partial charge in [0, 0.05) is 19.8 Å². The summed E-state index contributed by atoms with van der Waals surface area (Å²) in [5.41, 5.74) is 5.42. The number of ether oxygens (including phenoxy) is 1. The Hall–Kier alpha value is -1.14. The first-order valence-corrected chi connectivity index (χ1v) is 5.59. The van der Waals surface area contributed by atoms with Crippen molar-refractivity contribution in [2.45, 2.75) is 19.8 Å². The van der Waals surface area contributed by atoms with Gasteiger partial charge in [-0.3, -0.25) is 0 Å². The monoisotopic (exact) mass is 245 g/mol.